The van der Waals surface area contributed by atoms with Crippen molar-refractivity contribution >= 4 is 29.7 Å². The summed E-state index contributed by atoms with van der Waals surface area (Å²) in [5.74, 6) is 0. The average molecular weight is 213 g/mol. The van der Waals surface area contributed by atoms with E-state index in [4.69, 9.17) is 33.1 Å². The van der Waals surface area contributed by atoms with Crippen LogP contribution in [0.15, 0.2) is 0 Å². The Balaban J connectivity index is 0.000001000. The summed E-state index contributed by atoms with van der Waals surface area (Å²) in [7, 11) is 0. The van der Waals surface area contributed by atoms with Crippen LogP contribution in [-0.2, 0) is 33.1 Å². The zero-order valence-corrected chi connectivity index (χ0v) is 8.52. The van der Waals surface area contributed by atoms with Crippen LogP contribution in [-0.4, -0.2) is 13.2 Å². The second-order valence-corrected chi connectivity index (χ2v) is 8.15. The molecule has 5 heteroatoms. The lowest BCUT2D eigenvalue weighted by atomic mass is 9.97. The third-order valence-corrected chi connectivity index (χ3v) is 3.38. The van der Waals surface area contributed by atoms with Gasteiger partial charge >= 0.3 is 0 Å². The van der Waals surface area contributed by atoms with Gasteiger partial charge < -0.3 is 21.3 Å². The van der Waals surface area contributed by atoms with E-state index in [1.165, 1.54) is 0 Å². The second kappa shape index (κ2) is 3.75. The zero-order valence-electron chi connectivity index (χ0n) is 5.99. The van der Waals surface area contributed by atoms with Gasteiger partial charge in [0, 0.05) is 5.41 Å². The molecule has 2 nitrogen and oxygen atoms in total. The lowest BCUT2D eigenvalue weighted by Crippen LogP contribution is -2.28. The van der Waals surface area contributed by atoms with E-state index < -0.39 is 5.69 Å². The molecule has 11 heavy (non-hydrogen) atoms. The smallest absolute Gasteiger partial charge is 0.0596 e. The SMILES string of the molecule is C.CC1(C)COP(=S)([S-])OC1. The molecular formula is C6H14O2PS2-. The molecular weight excluding hydrogens is 199 g/mol. The first-order chi connectivity index (χ1) is 4.41. The van der Waals surface area contributed by atoms with Gasteiger partial charge in [0.2, 0.25) is 0 Å². The highest BCUT2D eigenvalue weighted by atomic mass is 32.9. The Bertz CT molecular complexity index is 167. The van der Waals surface area contributed by atoms with E-state index in [2.05, 4.69) is 13.8 Å². The van der Waals surface area contributed by atoms with Crippen LogP contribution in [0.2, 0.25) is 0 Å². The highest BCUT2D eigenvalue weighted by Crippen LogP contribution is 2.51. The summed E-state index contributed by atoms with van der Waals surface area (Å²) < 4.78 is 10.4. The predicted octanol–water partition coefficient (Wildman–Crippen LogP) is 2.47. The van der Waals surface area contributed by atoms with Crippen LogP contribution in [0.3, 0.4) is 0 Å². The van der Waals surface area contributed by atoms with Gasteiger partial charge in [0.25, 0.3) is 0 Å². The second-order valence-electron chi connectivity index (χ2n) is 3.16. The fourth-order valence-electron chi connectivity index (χ4n) is 0.587. The highest BCUT2D eigenvalue weighted by Gasteiger charge is 2.25. The molecule has 0 atom stereocenters. The van der Waals surface area contributed by atoms with Crippen molar-refractivity contribution in [3.63, 3.8) is 0 Å². The van der Waals surface area contributed by atoms with Crippen LogP contribution in [0.1, 0.15) is 21.3 Å². The van der Waals surface area contributed by atoms with Crippen molar-refractivity contribution in [3.05, 3.63) is 0 Å². The molecule has 68 valence electrons. The number of rotatable bonds is 0. The van der Waals surface area contributed by atoms with Crippen molar-refractivity contribution in [2.45, 2.75) is 21.3 Å². The molecule has 1 heterocycles. The summed E-state index contributed by atoms with van der Waals surface area (Å²) >= 11 is 9.76. The van der Waals surface area contributed by atoms with Crippen LogP contribution in [0.25, 0.3) is 0 Å². The van der Waals surface area contributed by atoms with Crippen LogP contribution in [0.4, 0.5) is 0 Å². The predicted molar refractivity (Wildman–Crippen MR) is 54.1 cm³/mol. The maximum absolute atomic E-state index is 5.20. The molecule has 1 aliphatic heterocycles. The Morgan fingerprint density at radius 1 is 1.36 bits per heavy atom. The van der Waals surface area contributed by atoms with E-state index in [0.717, 1.165) is 0 Å². The molecule has 1 rings (SSSR count). The van der Waals surface area contributed by atoms with Gasteiger partial charge in [-0.15, -0.1) is 0 Å². The van der Waals surface area contributed by atoms with Crippen molar-refractivity contribution in [3.8, 4) is 0 Å². The van der Waals surface area contributed by atoms with Crippen molar-refractivity contribution in [1.29, 1.82) is 0 Å². The van der Waals surface area contributed by atoms with Gasteiger partial charge in [-0.05, 0) is 0 Å². The molecule has 0 unspecified atom stereocenters. The Kier molecular flexibility index (Phi) is 4.07. The first kappa shape index (κ1) is 11.9. The molecule has 0 aromatic rings. The van der Waals surface area contributed by atoms with E-state index in [0.29, 0.717) is 13.2 Å². The molecule has 0 bridgehead atoms. The lowest BCUT2D eigenvalue weighted by molar-refractivity contribution is 0.0673. The van der Waals surface area contributed by atoms with E-state index in [-0.39, 0.29) is 12.8 Å². The molecule has 0 spiro atoms. The number of hydrogen-bond donors (Lipinski definition) is 0. The molecule has 0 radical (unpaired) electrons. The number of hydrogen-bond acceptors (Lipinski definition) is 4. The zero-order chi connectivity index (χ0) is 7.83. The largest absolute Gasteiger partial charge is 0.691 e. The van der Waals surface area contributed by atoms with Crippen LogP contribution >= 0.6 is 5.69 Å². The van der Waals surface area contributed by atoms with Crippen LogP contribution in [0.5, 0.6) is 0 Å². The lowest BCUT2D eigenvalue weighted by Gasteiger charge is -2.40. The quantitative estimate of drug-likeness (QED) is 0.454. The third kappa shape index (κ3) is 3.90. The summed E-state index contributed by atoms with van der Waals surface area (Å²) in [4.78, 5) is 0. The maximum Gasteiger partial charge on any atom is 0.0596 e. The Morgan fingerprint density at radius 2 is 1.73 bits per heavy atom. The van der Waals surface area contributed by atoms with E-state index in [1.807, 2.05) is 0 Å². The van der Waals surface area contributed by atoms with Gasteiger partial charge in [0.1, 0.15) is 0 Å². The molecule has 0 saturated carbocycles. The van der Waals surface area contributed by atoms with Gasteiger partial charge in [0.15, 0.2) is 0 Å². The molecule has 0 aromatic heterocycles. The van der Waals surface area contributed by atoms with E-state index >= 15 is 0 Å². The first-order valence-corrected chi connectivity index (χ1v) is 6.67. The van der Waals surface area contributed by atoms with Gasteiger partial charge in [-0.3, -0.25) is 0 Å². The summed E-state index contributed by atoms with van der Waals surface area (Å²) in [6, 6.07) is 0. The molecule has 0 aliphatic carbocycles. The van der Waals surface area contributed by atoms with Gasteiger partial charge in [0.05, 0.1) is 18.9 Å². The summed E-state index contributed by atoms with van der Waals surface area (Å²) in [5.41, 5.74) is -2.17. The van der Waals surface area contributed by atoms with Crippen LogP contribution < -0.4 is 0 Å². The highest BCUT2D eigenvalue weighted by molar-refractivity contribution is 8.51. The van der Waals surface area contributed by atoms with Crippen LogP contribution in [0, 0.1) is 5.41 Å². The summed E-state index contributed by atoms with van der Waals surface area (Å²) in [6.07, 6.45) is 0. The van der Waals surface area contributed by atoms with Gasteiger partial charge in [-0.1, -0.05) is 33.1 Å². The standard InChI is InChI=1S/C5H11O2PS2.CH4/c1-5(2)3-6-8(9,10)7-4-5;/h3-4H2,1-2H3,(H,9,10);1H4/p-1. The Morgan fingerprint density at radius 3 is 2.00 bits per heavy atom. The monoisotopic (exact) mass is 213 g/mol. The van der Waals surface area contributed by atoms with Gasteiger partial charge in [-0.2, -0.15) is 0 Å². The fraction of sp³-hybridized carbons (Fsp3) is 1.00. The van der Waals surface area contributed by atoms with Crippen molar-refractivity contribution < 1.29 is 9.05 Å². The Labute approximate surface area is 79.0 Å². The molecule has 1 fully saturated rings. The van der Waals surface area contributed by atoms with Crippen molar-refractivity contribution in [2.75, 3.05) is 13.2 Å². The molecule has 0 amide bonds. The summed E-state index contributed by atoms with van der Waals surface area (Å²) in [5, 5.41) is 0. The normalized spacial score (nSPS) is 27.2. The minimum absolute atomic E-state index is 0. The van der Waals surface area contributed by atoms with Crippen molar-refractivity contribution in [2.24, 2.45) is 5.41 Å². The maximum atomic E-state index is 5.20. The minimum Gasteiger partial charge on any atom is -0.691 e. The van der Waals surface area contributed by atoms with E-state index in [9.17, 15) is 0 Å². The molecule has 1 saturated heterocycles. The first-order valence-electron chi connectivity index (χ1n) is 3.01. The topological polar surface area (TPSA) is 18.5 Å². The average Bonchev–Trinajstić information content (AvgIpc) is 1.79. The molecule has 1 aliphatic rings. The molecule has 0 aromatic carbocycles. The molecule has 0 N–H and O–H groups in total. The van der Waals surface area contributed by atoms with Crippen molar-refractivity contribution in [1.82, 2.24) is 0 Å². The van der Waals surface area contributed by atoms with Gasteiger partial charge in [-0.25, -0.2) is 0 Å². The third-order valence-electron chi connectivity index (χ3n) is 1.23. The Hall–Kier alpha value is 0.920. The van der Waals surface area contributed by atoms with E-state index in [1.54, 1.807) is 0 Å². The fourth-order valence-corrected chi connectivity index (χ4v) is 2.31. The summed E-state index contributed by atoms with van der Waals surface area (Å²) in [6.45, 7) is 5.40. The minimum atomic E-state index is -2.25.